The molecule has 0 saturated carbocycles. The van der Waals surface area contributed by atoms with Crippen LogP contribution in [0.4, 0.5) is 0 Å². The zero-order valence-corrected chi connectivity index (χ0v) is 56.8. The van der Waals surface area contributed by atoms with Crippen molar-refractivity contribution in [2.45, 2.75) is 210 Å². The highest BCUT2D eigenvalue weighted by Crippen LogP contribution is 2.24. The molecule has 1 aromatic carbocycles. The summed E-state index contributed by atoms with van der Waals surface area (Å²) in [6.07, 6.45) is 3.93. The molecule has 0 bridgehead atoms. The van der Waals surface area contributed by atoms with E-state index < -0.39 is 218 Å². The van der Waals surface area contributed by atoms with E-state index in [9.17, 15) is 97.1 Å². The van der Waals surface area contributed by atoms with Gasteiger partial charge in [-0.15, -0.1) is 0 Å². The Morgan fingerprint density at radius 2 is 1.09 bits per heavy atom. The Balaban J connectivity index is 1.66. The van der Waals surface area contributed by atoms with Crippen LogP contribution in [0.2, 0.25) is 0 Å². The maximum absolute atomic E-state index is 15.3. The fourth-order valence-electron chi connectivity index (χ4n) is 11.3. The number of aliphatic carboxylic acids is 4. The van der Waals surface area contributed by atoms with Gasteiger partial charge in [0.2, 0.25) is 76.8 Å². The van der Waals surface area contributed by atoms with Crippen molar-refractivity contribution in [3.05, 3.63) is 30.3 Å². The molecule has 3 heterocycles. The summed E-state index contributed by atoms with van der Waals surface area (Å²) in [4.78, 5) is 232. The molecule has 100 heavy (non-hydrogen) atoms. The average molecular weight is 1410 g/mol. The zero-order chi connectivity index (χ0) is 74.3. The van der Waals surface area contributed by atoms with E-state index in [1.54, 1.807) is 13.8 Å². The maximum atomic E-state index is 15.3. The number of fused-ring (bicyclic) bond motifs is 2. The van der Waals surface area contributed by atoms with E-state index in [2.05, 4.69) is 42.5 Å². The van der Waals surface area contributed by atoms with Gasteiger partial charge in [0.25, 0.3) is 0 Å². The molecule has 12 atom stereocenters. The minimum absolute atomic E-state index is 0.00855. The van der Waals surface area contributed by atoms with Gasteiger partial charge in [-0.25, -0.2) is 0 Å². The molecule has 3 aliphatic heterocycles. The number of piperidine rings is 1. The Bertz CT molecular complexity index is 3100. The number of hydrogen-bond acceptors (Lipinski definition) is 19. The summed E-state index contributed by atoms with van der Waals surface area (Å²) in [5.74, 6) is -22.9. The number of carboxylic acid groups (broad SMARTS) is 4. The van der Waals surface area contributed by atoms with Crippen molar-refractivity contribution in [2.75, 3.05) is 39.3 Å². The fraction of sp³-hybridized carbons (Fsp3) is 0.641. The lowest BCUT2D eigenvalue weighted by molar-refractivity contribution is -0.150. The van der Waals surface area contributed by atoms with Crippen LogP contribution in [-0.2, 0) is 81.5 Å². The molecule has 36 nitrogen and oxygen atoms in total. The number of nitrogens with zero attached hydrogens (tertiary/aromatic N) is 2. The van der Waals surface area contributed by atoms with Gasteiger partial charge in [0, 0.05) is 25.6 Å². The number of nitrogens with two attached hydrogens (primary N) is 1. The molecular weight excluding hydrogens is 1320 g/mol. The predicted molar refractivity (Wildman–Crippen MR) is 350 cm³/mol. The van der Waals surface area contributed by atoms with Crippen LogP contribution < -0.4 is 69.0 Å². The van der Waals surface area contributed by atoms with Gasteiger partial charge < -0.3 is 99.2 Å². The number of carbonyl (C=O) groups is 17. The molecule has 3 aliphatic rings. The van der Waals surface area contributed by atoms with Crippen LogP contribution in [0.1, 0.15) is 144 Å². The second-order valence-electron chi connectivity index (χ2n) is 25.3. The van der Waals surface area contributed by atoms with Crippen LogP contribution in [0, 0.1) is 11.8 Å². The highest BCUT2D eigenvalue weighted by Gasteiger charge is 2.45. The number of ether oxygens (including phenoxy) is 1. The zero-order valence-electron chi connectivity index (χ0n) is 56.8. The highest BCUT2D eigenvalue weighted by atomic mass is 16.5. The second kappa shape index (κ2) is 41.4. The molecule has 36 heteroatoms. The number of carbonyl (C=O) groups excluding carboxylic acids is 13. The molecule has 17 N–H and O–H groups in total. The van der Waals surface area contributed by atoms with E-state index in [-0.39, 0.29) is 51.6 Å². The first-order chi connectivity index (χ1) is 47.3. The lowest BCUT2D eigenvalue weighted by Crippen LogP contribution is -2.66. The quantitative estimate of drug-likeness (QED) is 0.0378. The number of para-hydroxylation sites is 1. The molecule has 13 amide bonds. The monoisotopic (exact) mass is 1410 g/mol. The van der Waals surface area contributed by atoms with Crippen molar-refractivity contribution in [3.8, 4) is 5.75 Å². The van der Waals surface area contributed by atoms with Gasteiger partial charge in [-0.05, 0) is 83.8 Å². The van der Waals surface area contributed by atoms with Gasteiger partial charge in [0.05, 0.1) is 57.5 Å². The van der Waals surface area contributed by atoms with Crippen LogP contribution >= 0.6 is 0 Å². The molecule has 0 aromatic heterocycles. The van der Waals surface area contributed by atoms with Crippen molar-refractivity contribution in [3.63, 3.8) is 0 Å². The van der Waals surface area contributed by atoms with Crippen LogP contribution in [0.3, 0.4) is 0 Å². The molecule has 554 valence electrons. The maximum Gasteiger partial charge on any atom is 0.308 e. The van der Waals surface area contributed by atoms with Crippen molar-refractivity contribution >= 4 is 101 Å². The first kappa shape index (κ1) is 82.4. The molecule has 0 spiro atoms. The van der Waals surface area contributed by atoms with Gasteiger partial charge in [-0.1, -0.05) is 70.6 Å². The number of benzene rings is 1. The van der Waals surface area contributed by atoms with Gasteiger partial charge in [-0.3, -0.25) is 81.5 Å². The summed E-state index contributed by atoms with van der Waals surface area (Å²) < 4.78 is 5.73. The Morgan fingerprint density at radius 1 is 0.570 bits per heavy atom. The third-order valence-electron chi connectivity index (χ3n) is 16.9. The van der Waals surface area contributed by atoms with E-state index in [1.165, 1.54) is 13.8 Å². The standard InChI is InChI=1S/C64H96N14O22/c1-34(2)51-62(96)78-26-19-23-43(78)58(92)69-37(5)54(76-57(91)41(30-50(87)88)71-45(80)31-66-44(79)24-15-10-8-6-7-9-11-18-27-100-38-20-13-12-14-21-38)63(97)77-25-17-16-22-42(77)59(93)75-52(35(3)64(98)99)60(94)72-40(29-49(85)86)56(90)67-32-46(81)70-39(28-48(83)84)55(89)68-33-47(82)73-53(36(4)65)61(95)74-51/h12-14,20-21,34-37,39-43,51-54H,6-11,15-19,22-33,65H2,1-5H3,(H,66,79)(H,67,90)(H,68,89)(H,69,92)(H,70,81)(H,71,80)(H,72,94)(H,73,82)(H,74,95)(H,75,93)(H,76,91)(H,83,84)(H,85,86)(H,87,88)(H,98,99). The van der Waals surface area contributed by atoms with E-state index in [0.717, 1.165) is 67.4 Å². The number of rotatable bonds is 27. The van der Waals surface area contributed by atoms with Gasteiger partial charge >= 0.3 is 23.9 Å². The van der Waals surface area contributed by atoms with E-state index in [1.807, 2.05) is 46.3 Å². The van der Waals surface area contributed by atoms with Crippen LogP contribution in [0.25, 0.3) is 0 Å². The average Bonchev–Trinajstić information content (AvgIpc) is 1.49. The SMILES string of the molecule is CC(C)C1NC(=O)C(C(C)N)NC(=O)CNC(=O)C(CC(=O)O)NC(=O)CNC(=O)C(CC(=O)O)NC(=O)C(C(C)C(=O)O)NC(=O)C2CCCCN2C(=O)C(NC(=O)C(CC(=O)O)NC(=O)CNC(=O)CCCCCCCCCCOc2ccccc2)C(C)NC(=O)C2CCCN2C1=O. The smallest absolute Gasteiger partial charge is 0.308 e. The summed E-state index contributed by atoms with van der Waals surface area (Å²) >= 11 is 0. The molecular formula is C64H96N14O22. The molecule has 3 fully saturated rings. The van der Waals surface area contributed by atoms with E-state index in [4.69, 9.17) is 10.5 Å². The van der Waals surface area contributed by atoms with E-state index in [0.29, 0.717) is 13.0 Å². The number of carboxylic acids is 4. The topological polar surface area (TPSA) is 545 Å². The molecule has 4 rings (SSSR count). The van der Waals surface area contributed by atoms with Crippen LogP contribution in [-0.4, -0.2) is 237 Å². The number of amides is 13. The summed E-state index contributed by atoms with van der Waals surface area (Å²) in [5.41, 5.74) is 6.12. The molecule has 0 aliphatic carbocycles. The largest absolute Gasteiger partial charge is 0.494 e. The summed E-state index contributed by atoms with van der Waals surface area (Å²) in [6, 6.07) is -9.50. The Kier molecular flexibility index (Phi) is 34.1. The number of unbranched alkanes of at least 4 members (excludes halogenated alkanes) is 7. The third kappa shape index (κ3) is 27.4. The Hall–Kier alpha value is -10.0. The van der Waals surface area contributed by atoms with Crippen molar-refractivity contribution in [1.29, 1.82) is 0 Å². The van der Waals surface area contributed by atoms with Crippen molar-refractivity contribution in [2.24, 2.45) is 17.6 Å². The lowest BCUT2D eigenvalue weighted by Gasteiger charge is -2.39. The highest BCUT2D eigenvalue weighted by molar-refractivity contribution is 6.01. The number of hydrogen-bond donors (Lipinski definition) is 16. The second-order valence-corrected chi connectivity index (χ2v) is 25.3. The summed E-state index contributed by atoms with van der Waals surface area (Å²) in [6.45, 7) is 4.08. The normalized spacial score (nSPS) is 23.8. The predicted octanol–water partition coefficient (Wildman–Crippen LogP) is -3.64. The fourth-order valence-corrected chi connectivity index (χ4v) is 11.3. The first-order valence-electron chi connectivity index (χ1n) is 33.4. The Morgan fingerprint density at radius 3 is 1.66 bits per heavy atom. The molecule has 0 radical (unpaired) electrons. The van der Waals surface area contributed by atoms with Crippen LogP contribution in [0.15, 0.2) is 30.3 Å². The molecule has 3 saturated heterocycles. The van der Waals surface area contributed by atoms with E-state index >= 15 is 4.79 Å². The Labute approximate surface area is 577 Å². The first-order valence-corrected chi connectivity index (χ1v) is 33.4. The molecule has 12 unspecified atom stereocenters. The van der Waals surface area contributed by atoms with Gasteiger partial charge in [-0.2, -0.15) is 0 Å². The summed E-state index contributed by atoms with van der Waals surface area (Å²) in [5, 5.41) is 64.5. The number of nitrogens with one attached hydrogen (secondary N) is 11. The molecule has 1 aromatic rings. The van der Waals surface area contributed by atoms with Crippen molar-refractivity contribution in [1.82, 2.24) is 68.3 Å². The van der Waals surface area contributed by atoms with Gasteiger partial charge in [0.15, 0.2) is 0 Å². The lowest BCUT2D eigenvalue weighted by atomic mass is 9.96. The summed E-state index contributed by atoms with van der Waals surface area (Å²) in [7, 11) is 0. The van der Waals surface area contributed by atoms with Crippen LogP contribution in [0.5, 0.6) is 5.75 Å². The minimum Gasteiger partial charge on any atom is -0.494 e. The third-order valence-corrected chi connectivity index (χ3v) is 16.9. The van der Waals surface area contributed by atoms with Gasteiger partial charge in [0.1, 0.15) is 60.1 Å². The minimum atomic E-state index is -2.18. The van der Waals surface area contributed by atoms with Crippen molar-refractivity contribution < 1.29 is 107 Å².